The third-order valence-corrected chi connectivity index (χ3v) is 6.47. The molecule has 200 valence electrons. The molecule has 11 heteroatoms. The number of carboxylic acid groups (broad SMARTS) is 1. The standard InChI is InChI=1S/C23H42O11/c1-5-12(3)16(7-14(25)9-19(27)28)32-20(29)10-15(26)8-17(13(4)6-2)33-23-22(31)21(30)18(11-24)34-23/h12-18,21-26,30-31H,5-11H2,1-4H3,(H,27,28)/t12-,13+,14-,15-,16-,17-,18-,21+,22+,23-/m0/s1. The van der Waals surface area contributed by atoms with Gasteiger partial charge in [0.2, 0.25) is 0 Å². The van der Waals surface area contributed by atoms with Gasteiger partial charge in [-0.15, -0.1) is 0 Å². The molecule has 10 atom stereocenters. The normalized spacial score (nSPS) is 28.0. The monoisotopic (exact) mass is 494 g/mol. The maximum Gasteiger partial charge on any atom is 0.308 e. The topological polar surface area (TPSA) is 183 Å². The highest BCUT2D eigenvalue weighted by molar-refractivity contribution is 5.70. The first-order chi connectivity index (χ1) is 15.9. The van der Waals surface area contributed by atoms with Crippen LogP contribution in [0.5, 0.6) is 0 Å². The molecule has 0 bridgehead atoms. The van der Waals surface area contributed by atoms with Crippen LogP contribution in [0.2, 0.25) is 0 Å². The van der Waals surface area contributed by atoms with Crippen LogP contribution >= 0.6 is 0 Å². The van der Waals surface area contributed by atoms with Gasteiger partial charge >= 0.3 is 11.9 Å². The fourth-order valence-electron chi connectivity index (χ4n) is 3.81. The number of esters is 1. The minimum Gasteiger partial charge on any atom is -0.481 e. The molecule has 11 nitrogen and oxygen atoms in total. The van der Waals surface area contributed by atoms with Crippen LogP contribution in [0.4, 0.5) is 0 Å². The zero-order valence-electron chi connectivity index (χ0n) is 20.4. The van der Waals surface area contributed by atoms with Gasteiger partial charge in [-0.25, -0.2) is 0 Å². The lowest BCUT2D eigenvalue weighted by Gasteiger charge is -2.30. The summed E-state index contributed by atoms with van der Waals surface area (Å²) in [7, 11) is 0. The highest BCUT2D eigenvalue weighted by atomic mass is 16.7. The van der Waals surface area contributed by atoms with E-state index < -0.39 is 74.0 Å². The summed E-state index contributed by atoms with van der Waals surface area (Å²) in [5.74, 6) is -2.03. The number of carbonyl (C=O) groups is 2. The number of ether oxygens (including phenoxy) is 3. The van der Waals surface area contributed by atoms with Crippen LogP contribution in [-0.4, -0.2) is 98.2 Å². The van der Waals surface area contributed by atoms with Crippen molar-refractivity contribution >= 4 is 11.9 Å². The molecule has 34 heavy (non-hydrogen) atoms. The molecule has 0 radical (unpaired) electrons. The second-order valence-corrected chi connectivity index (χ2v) is 9.26. The molecule has 6 N–H and O–H groups in total. The molecule has 1 fully saturated rings. The van der Waals surface area contributed by atoms with Crippen molar-refractivity contribution in [3.8, 4) is 0 Å². The van der Waals surface area contributed by atoms with Gasteiger partial charge in [-0.1, -0.05) is 40.5 Å². The molecule has 0 unspecified atom stereocenters. The van der Waals surface area contributed by atoms with Crippen molar-refractivity contribution in [3.63, 3.8) is 0 Å². The van der Waals surface area contributed by atoms with E-state index in [4.69, 9.17) is 19.3 Å². The van der Waals surface area contributed by atoms with Crippen LogP contribution in [0, 0.1) is 11.8 Å². The van der Waals surface area contributed by atoms with E-state index in [1.807, 2.05) is 27.7 Å². The maximum atomic E-state index is 12.5. The van der Waals surface area contributed by atoms with Gasteiger partial charge in [-0.3, -0.25) is 9.59 Å². The zero-order valence-corrected chi connectivity index (χ0v) is 20.4. The highest BCUT2D eigenvalue weighted by Gasteiger charge is 2.44. The summed E-state index contributed by atoms with van der Waals surface area (Å²) in [5, 5.41) is 58.6. The fourth-order valence-corrected chi connectivity index (χ4v) is 3.81. The van der Waals surface area contributed by atoms with E-state index in [-0.39, 0.29) is 31.1 Å². The largest absolute Gasteiger partial charge is 0.481 e. The Bertz CT molecular complexity index is 616. The Balaban J connectivity index is 2.71. The minimum absolute atomic E-state index is 0.0208. The molecular weight excluding hydrogens is 452 g/mol. The molecule has 1 aliphatic heterocycles. The van der Waals surface area contributed by atoms with Gasteiger partial charge in [0.25, 0.3) is 0 Å². The van der Waals surface area contributed by atoms with Crippen molar-refractivity contribution in [2.45, 2.75) is 115 Å². The lowest BCUT2D eigenvalue weighted by Crippen LogP contribution is -2.39. The van der Waals surface area contributed by atoms with Crippen LogP contribution in [0.15, 0.2) is 0 Å². The average Bonchev–Trinajstić information content (AvgIpc) is 3.04. The number of carboxylic acids is 1. The molecule has 0 amide bonds. The van der Waals surface area contributed by atoms with Gasteiger partial charge in [0.1, 0.15) is 24.4 Å². The van der Waals surface area contributed by atoms with Crippen LogP contribution in [0.3, 0.4) is 0 Å². The summed E-state index contributed by atoms with van der Waals surface area (Å²) in [5.41, 5.74) is 0. The van der Waals surface area contributed by atoms with Gasteiger partial charge in [-0.2, -0.15) is 0 Å². The van der Waals surface area contributed by atoms with Gasteiger partial charge in [0.05, 0.1) is 37.8 Å². The Labute approximate surface area is 200 Å². The van der Waals surface area contributed by atoms with Crippen molar-refractivity contribution in [2.24, 2.45) is 11.8 Å². The predicted molar refractivity (Wildman–Crippen MR) is 120 cm³/mol. The lowest BCUT2D eigenvalue weighted by atomic mass is 9.94. The fraction of sp³-hybridized carbons (Fsp3) is 0.913. The Morgan fingerprint density at radius 1 is 0.912 bits per heavy atom. The van der Waals surface area contributed by atoms with E-state index >= 15 is 0 Å². The lowest BCUT2D eigenvalue weighted by molar-refractivity contribution is -0.208. The minimum atomic E-state index is -1.36. The van der Waals surface area contributed by atoms with Crippen molar-refractivity contribution in [1.29, 1.82) is 0 Å². The van der Waals surface area contributed by atoms with E-state index in [9.17, 15) is 35.1 Å². The van der Waals surface area contributed by atoms with Gasteiger partial charge in [0, 0.05) is 12.8 Å². The first kappa shape index (κ1) is 30.7. The Morgan fingerprint density at radius 2 is 1.44 bits per heavy atom. The van der Waals surface area contributed by atoms with E-state index in [0.717, 1.165) is 0 Å². The van der Waals surface area contributed by atoms with Crippen molar-refractivity contribution in [2.75, 3.05) is 6.61 Å². The number of aliphatic hydroxyl groups is 5. The summed E-state index contributed by atoms with van der Waals surface area (Å²) in [6, 6.07) is 0. The van der Waals surface area contributed by atoms with E-state index in [2.05, 4.69) is 0 Å². The third-order valence-electron chi connectivity index (χ3n) is 6.47. The van der Waals surface area contributed by atoms with Crippen molar-refractivity contribution < 1.29 is 54.4 Å². The molecule has 0 aromatic heterocycles. The van der Waals surface area contributed by atoms with Crippen LogP contribution in [0.25, 0.3) is 0 Å². The summed E-state index contributed by atoms with van der Waals surface area (Å²) >= 11 is 0. The smallest absolute Gasteiger partial charge is 0.308 e. The number of carbonyl (C=O) groups excluding carboxylic acids is 1. The first-order valence-corrected chi connectivity index (χ1v) is 12.0. The quantitative estimate of drug-likeness (QED) is 0.161. The summed E-state index contributed by atoms with van der Waals surface area (Å²) in [6.07, 6.45) is -7.89. The second-order valence-electron chi connectivity index (χ2n) is 9.26. The number of aliphatic hydroxyl groups excluding tert-OH is 5. The molecule has 0 aromatic rings. The first-order valence-electron chi connectivity index (χ1n) is 12.0. The SMILES string of the molecule is CC[C@@H](C)[C@H](C[C@H](O)CC(=O)O[C@@H](C[C@H](O)CC(=O)O)[C@@H](C)CC)O[C@H]1O[C@@H](CO)[C@@H](O)[C@H]1O. The molecule has 1 rings (SSSR count). The zero-order chi connectivity index (χ0) is 26.0. The van der Waals surface area contributed by atoms with Crippen molar-refractivity contribution in [3.05, 3.63) is 0 Å². The van der Waals surface area contributed by atoms with E-state index in [1.165, 1.54) is 0 Å². The molecule has 0 aromatic carbocycles. The summed E-state index contributed by atoms with van der Waals surface area (Å²) < 4.78 is 16.7. The summed E-state index contributed by atoms with van der Waals surface area (Å²) in [4.78, 5) is 23.3. The third kappa shape index (κ3) is 9.73. The van der Waals surface area contributed by atoms with E-state index in [1.54, 1.807) is 0 Å². The number of aliphatic carboxylic acids is 1. The molecular formula is C23H42O11. The summed E-state index contributed by atoms with van der Waals surface area (Å²) in [6.45, 7) is 7.02. The Hall–Kier alpha value is -1.34. The van der Waals surface area contributed by atoms with Crippen molar-refractivity contribution in [1.82, 2.24) is 0 Å². The number of hydrogen-bond donors (Lipinski definition) is 6. The van der Waals surface area contributed by atoms with E-state index in [0.29, 0.717) is 12.8 Å². The molecule has 0 saturated carbocycles. The van der Waals surface area contributed by atoms with Crippen LogP contribution in [-0.2, 0) is 23.8 Å². The molecule has 0 aliphatic carbocycles. The number of rotatable bonds is 16. The van der Waals surface area contributed by atoms with Gasteiger partial charge in [0.15, 0.2) is 6.29 Å². The van der Waals surface area contributed by atoms with Crippen LogP contribution in [0.1, 0.15) is 66.2 Å². The number of hydrogen-bond acceptors (Lipinski definition) is 10. The second kappa shape index (κ2) is 14.9. The molecule has 1 aliphatic rings. The van der Waals surface area contributed by atoms with Crippen LogP contribution < -0.4 is 0 Å². The molecule has 1 saturated heterocycles. The molecule has 1 heterocycles. The predicted octanol–water partition coefficient (Wildman–Crippen LogP) is 0.181. The van der Waals surface area contributed by atoms with Gasteiger partial charge < -0.3 is 44.8 Å². The highest BCUT2D eigenvalue weighted by Crippen LogP contribution is 2.28. The maximum absolute atomic E-state index is 12.5. The Morgan fingerprint density at radius 3 is 1.94 bits per heavy atom. The Kier molecular flexibility index (Phi) is 13.5. The van der Waals surface area contributed by atoms with Gasteiger partial charge in [-0.05, 0) is 11.8 Å². The molecule has 0 spiro atoms. The average molecular weight is 495 g/mol.